The Kier molecular flexibility index (Phi) is 6.62. The van der Waals surface area contributed by atoms with E-state index < -0.39 is 0 Å². The van der Waals surface area contributed by atoms with Crippen molar-refractivity contribution in [1.82, 2.24) is 20.2 Å². The molecule has 2 heterocycles. The van der Waals surface area contributed by atoms with E-state index in [1.807, 2.05) is 0 Å². The quantitative estimate of drug-likeness (QED) is 0.800. The van der Waals surface area contributed by atoms with Crippen LogP contribution in [0.3, 0.4) is 0 Å². The van der Waals surface area contributed by atoms with Crippen molar-refractivity contribution in [3.63, 3.8) is 0 Å². The van der Waals surface area contributed by atoms with Crippen LogP contribution in [0.2, 0.25) is 0 Å². The molecule has 6 heteroatoms. The average Bonchev–Trinajstić information content (AvgIpc) is 2.91. The Labute approximate surface area is 150 Å². The predicted molar refractivity (Wildman–Crippen MR) is 98.6 cm³/mol. The molecule has 0 aromatic carbocycles. The SMILES string of the molecule is Nc1ncc(CN2CCCC(CNC(=O)C3CCCCCC3)C2)cn1. The fourth-order valence-electron chi connectivity index (χ4n) is 4.10. The van der Waals surface area contributed by atoms with E-state index in [1.165, 1.54) is 38.5 Å². The third-order valence-corrected chi connectivity index (χ3v) is 5.53. The maximum atomic E-state index is 12.4. The molecule has 1 amide bonds. The molecule has 1 atom stereocenters. The maximum Gasteiger partial charge on any atom is 0.223 e. The average molecular weight is 345 g/mol. The lowest BCUT2D eigenvalue weighted by Gasteiger charge is -2.33. The van der Waals surface area contributed by atoms with Gasteiger partial charge in [-0.3, -0.25) is 9.69 Å². The first kappa shape index (κ1) is 18.1. The number of aromatic nitrogens is 2. The van der Waals surface area contributed by atoms with Crippen LogP contribution in [-0.4, -0.2) is 40.4 Å². The first-order valence-electron chi connectivity index (χ1n) is 9.77. The van der Waals surface area contributed by atoms with E-state index >= 15 is 0 Å². The number of hydrogen-bond acceptors (Lipinski definition) is 5. The van der Waals surface area contributed by atoms with Crippen molar-refractivity contribution in [2.75, 3.05) is 25.4 Å². The number of amides is 1. The number of anilines is 1. The molecule has 0 spiro atoms. The Morgan fingerprint density at radius 2 is 1.84 bits per heavy atom. The van der Waals surface area contributed by atoms with Crippen LogP contribution >= 0.6 is 0 Å². The molecule has 0 bridgehead atoms. The summed E-state index contributed by atoms with van der Waals surface area (Å²) in [6, 6.07) is 0. The molecule has 2 fully saturated rings. The number of likely N-dealkylation sites (tertiary alicyclic amines) is 1. The number of nitrogens with zero attached hydrogens (tertiary/aromatic N) is 3. The second-order valence-electron chi connectivity index (χ2n) is 7.63. The molecule has 1 aliphatic carbocycles. The molecule has 1 saturated carbocycles. The maximum absolute atomic E-state index is 12.4. The van der Waals surface area contributed by atoms with E-state index in [4.69, 9.17) is 5.73 Å². The van der Waals surface area contributed by atoms with Crippen LogP contribution in [0.25, 0.3) is 0 Å². The van der Waals surface area contributed by atoms with Crippen molar-refractivity contribution >= 4 is 11.9 Å². The lowest BCUT2D eigenvalue weighted by Crippen LogP contribution is -2.42. The standard InChI is InChI=1S/C19H31N5O/c20-19-22-11-16(12-23-19)14-24-9-5-6-15(13-24)10-21-18(25)17-7-3-1-2-4-8-17/h11-12,15,17H,1-10,13-14H2,(H,21,25)(H2,20,22,23). The Hall–Kier alpha value is -1.69. The molecule has 6 nitrogen and oxygen atoms in total. The highest BCUT2D eigenvalue weighted by atomic mass is 16.1. The van der Waals surface area contributed by atoms with Gasteiger partial charge in [-0.2, -0.15) is 0 Å². The molecule has 1 aliphatic heterocycles. The van der Waals surface area contributed by atoms with Gasteiger partial charge in [0.15, 0.2) is 0 Å². The number of nitrogens with one attached hydrogen (secondary N) is 1. The lowest BCUT2D eigenvalue weighted by atomic mass is 9.96. The fourth-order valence-corrected chi connectivity index (χ4v) is 4.10. The molecule has 25 heavy (non-hydrogen) atoms. The van der Waals surface area contributed by atoms with Crippen LogP contribution < -0.4 is 11.1 Å². The van der Waals surface area contributed by atoms with Crippen LogP contribution in [0.15, 0.2) is 12.4 Å². The van der Waals surface area contributed by atoms with Crippen LogP contribution in [0.1, 0.15) is 56.9 Å². The van der Waals surface area contributed by atoms with Crippen LogP contribution in [0.4, 0.5) is 5.95 Å². The van der Waals surface area contributed by atoms with Gasteiger partial charge in [-0.1, -0.05) is 25.7 Å². The summed E-state index contributed by atoms with van der Waals surface area (Å²) in [5.41, 5.74) is 6.64. The van der Waals surface area contributed by atoms with Gasteiger partial charge in [0.1, 0.15) is 0 Å². The van der Waals surface area contributed by atoms with E-state index in [2.05, 4.69) is 20.2 Å². The molecule has 1 saturated heterocycles. The highest BCUT2D eigenvalue weighted by Gasteiger charge is 2.23. The van der Waals surface area contributed by atoms with Crippen LogP contribution in [0.5, 0.6) is 0 Å². The topological polar surface area (TPSA) is 84.1 Å². The molecule has 3 rings (SSSR count). The van der Waals surface area contributed by atoms with Gasteiger partial charge < -0.3 is 11.1 Å². The number of carbonyl (C=O) groups is 1. The Bertz CT molecular complexity index is 539. The van der Waals surface area contributed by atoms with E-state index in [9.17, 15) is 4.79 Å². The normalized spacial score (nSPS) is 23.1. The largest absolute Gasteiger partial charge is 0.368 e. The fraction of sp³-hybridized carbons (Fsp3) is 0.737. The van der Waals surface area contributed by atoms with E-state index in [0.717, 1.165) is 44.6 Å². The Balaban J connectivity index is 1.43. The third-order valence-electron chi connectivity index (χ3n) is 5.53. The van der Waals surface area contributed by atoms with Crippen molar-refractivity contribution < 1.29 is 4.79 Å². The highest BCUT2D eigenvalue weighted by molar-refractivity contribution is 5.78. The Morgan fingerprint density at radius 1 is 1.12 bits per heavy atom. The number of rotatable bonds is 5. The zero-order valence-electron chi connectivity index (χ0n) is 15.1. The summed E-state index contributed by atoms with van der Waals surface area (Å²) in [6.07, 6.45) is 13.1. The van der Waals surface area contributed by atoms with Crippen molar-refractivity contribution in [3.8, 4) is 0 Å². The summed E-state index contributed by atoms with van der Waals surface area (Å²) < 4.78 is 0. The van der Waals surface area contributed by atoms with Gasteiger partial charge in [-0.15, -0.1) is 0 Å². The summed E-state index contributed by atoms with van der Waals surface area (Å²) >= 11 is 0. The van der Waals surface area contributed by atoms with E-state index in [0.29, 0.717) is 11.9 Å². The van der Waals surface area contributed by atoms with Gasteiger partial charge in [0, 0.05) is 43.5 Å². The third kappa shape index (κ3) is 5.66. The summed E-state index contributed by atoms with van der Waals surface area (Å²) in [4.78, 5) is 23.0. The molecule has 0 radical (unpaired) electrons. The van der Waals surface area contributed by atoms with E-state index in [1.54, 1.807) is 12.4 Å². The minimum absolute atomic E-state index is 0.245. The zero-order chi connectivity index (χ0) is 17.5. The van der Waals surface area contributed by atoms with Crippen LogP contribution in [-0.2, 0) is 11.3 Å². The number of carbonyl (C=O) groups excluding carboxylic acids is 1. The molecule has 1 aromatic rings. The summed E-state index contributed by atoms with van der Waals surface area (Å²) in [7, 11) is 0. The van der Waals surface area contributed by atoms with Gasteiger partial charge in [0.25, 0.3) is 0 Å². The molecule has 2 aliphatic rings. The first-order chi connectivity index (χ1) is 12.2. The number of hydrogen-bond donors (Lipinski definition) is 2. The minimum atomic E-state index is 0.245. The van der Waals surface area contributed by atoms with Gasteiger partial charge in [0.2, 0.25) is 11.9 Å². The molecule has 1 aromatic heterocycles. The molecular formula is C19H31N5O. The monoisotopic (exact) mass is 345 g/mol. The van der Waals surface area contributed by atoms with Gasteiger partial charge in [-0.25, -0.2) is 9.97 Å². The Morgan fingerprint density at radius 3 is 2.56 bits per heavy atom. The first-order valence-corrected chi connectivity index (χ1v) is 9.77. The summed E-state index contributed by atoms with van der Waals surface area (Å²) in [5, 5.41) is 3.23. The second-order valence-corrected chi connectivity index (χ2v) is 7.63. The zero-order valence-corrected chi connectivity index (χ0v) is 15.1. The lowest BCUT2D eigenvalue weighted by molar-refractivity contribution is -0.125. The highest BCUT2D eigenvalue weighted by Crippen LogP contribution is 2.23. The van der Waals surface area contributed by atoms with Crippen molar-refractivity contribution in [1.29, 1.82) is 0 Å². The molecule has 1 unspecified atom stereocenters. The predicted octanol–water partition coefficient (Wildman–Crippen LogP) is 2.36. The van der Waals surface area contributed by atoms with Gasteiger partial charge in [-0.05, 0) is 38.1 Å². The summed E-state index contributed by atoms with van der Waals surface area (Å²) in [6.45, 7) is 3.78. The van der Waals surface area contributed by atoms with Crippen molar-refractivity contribution in [2.45, 2.75) is 57.9 Å². The number of nitrogen functional groups attached to an aromatic ring is 1. The molecule has 138 valence electrons. The van der Waals surface area contributed by atoms with Crippen molar-refractivity contribution in [3.05, 3.63) is 18.0 Å². The smallest absolute Gasteiger partial charge is 0.223 e. The van der Waals surface area contributed by atoms with Crippen molar-refractivity contribution in [2.24, 2.45) is 11.8 Å². The second kappa shape index (κ2) is 9.13. The molecule has 3 N–H and O–H groups in total. The van der Waals surface area contributed by atoms with Crippen LogP contribution in [0, 0.1) is 11.8 Å². The van der Waals surface area contributed by atoms with Gasteiger partial charge >= 0.3 is 0 Å². The number of piperidine rings is 1. The minimum Gasteiger partial charge on any atom is -0.368 e. The molecular weight excluding hydrogens is 314 g/mol. The number of nitrogens with two attached hydrogens (primary N) is 1. The summed E-state index contributed by atoms with van der Waals surface area (Å²) in [5.74, 6) is 1.39. The van der Waals surface area contributed by atoms with E-state index in [-0.39, 0.29) is 11.8 Å². The van der Waals surface area contributed by atoms with Gasteiger partial charge in [0.05, 0.1) is 0 Å².